The Morgan fingerprint density at radius 3 is 3.05 bits per heavy atom. The molecule has 2 unspecified atom stereocenters. The van der Waals surface area contributed by atoms with Crippen LogP contribution in [0.15, 0.2) is 23.1 Å². The molecule has 1 saturated carbocycles. The van der Waals surface area contributed by atoms with E-state index < -0.39 is 0 Å². The second-order valence-corrected chi connectivity index (χ2v) is 5.25. The molecule has 0 aromatic carbocycles. The molecule has 0 amide bonds. The van der Waals surface area contributed by atoms with Gasteiger partial charge in [-0.25, -0.2) is 9.97 Å². The van der Waals surface area contributed by atoms with E-state index >= 15 is 0 Å². The number of nitrogens with one attached hydrogen (secondary N) is 1. The standard InChI is InChI=1S/C14H19N5O/c1-15-11-5-3-2-4-10(11)8-13-18-14(19-20-13)12-6-7-16-9-17-12/h6-7,9-11,15H,2-5,8H2,1H3. The quantitative estimate of drug-likeness (QED) is 0.916. The summed E-state index contributed by atoms with van der Waals surface area (Å²) in [5.74, 6) is 1.82. The smallest absolute Gasteiger partial charge is 0.227 e. The van der Waals surface area contributed by atoms with Gasteiger partial charge in [0.2, 0.25) is 11.7 Å². The zero-order valence-corrected chi connectivity index (χ0v) is 11.6. The van der Waals surface area contributed by atoms with Crippen LogP contribution in [0.5, 0.6) is 0 Å². The van der Waals surface area contributed by atoms with Crippen molar-refractivity contribution in [2.45, 2.75) is 38.1 Å². The first-order chi connectivity index (χ1) is 9.86. The van der Waals surface area contributed by atoms with Crippen molar-refractivity contribution in [2.24, 2.45) is 5.92 Å². The molecule has 2 atom stereocenters. The van der Waals surface area contributed by atoms with Crippen LogP contribution < -0.4 is 5.32 Å². The van der Waals surface area contributed by atoms with Crippen molar-refractivity contribution in [1.29, 1.82) is 0 Å². The highest BCUT2D eigenvalue weighted by molar-refractivity contribution is 5.46. The van der Waals surface area contributed by atoms with E-state index in [2.05, 4.69) is 25.4 Å². The molecule has 3 rings (SSSR count). The molecule has 1 fully saturated rings. The van der Waals surface area contributed by atoms with Gasteiger partial charge in [0.1, 0.15) is 12.0 Å². The van der Waals surface area contributed by atoms with Gasteiger partial charge in [-0.3, -0.25) is 0 Å². The summed E-state index contributed by atoms with van der Waals surface area (Å²) in [6, 6.07) is 2.34. The first-order valence-corrected chi connectivity index (χ1v) is 7.13. The molecule has 0 aliphatic heterocycles. The Morgan fingerprint density at radius 1 is 1.35 bits per heavy atom. The summed E-state index contributed by atoms with van der Waals surface area (Å²) in [5, 5.41) is 7.41. The molecule has 0 radical (unpaired) electrons. The van der Waals surface area contributed by atoms with Gasteiger partial charge in [0.15, 0.2) is 0 Å². The van der Waals surface area contributed by atoms with E-state index in [9.17, 15) is 0 Å². The topological polar surface area (TPSA) is 76.7 Å². The predicted molar refractivity (Wildman–Crippen MR) is 73.8 cm³/mol. The zero-order chi connectivity index (χ0) is 13.8. The predicted octanol–water partition coefficient (Wildman–Crippen LogP) is 1.85. The van der Waals surface area contributed by atoms with Crippen molar-refractivity contribution in [1.82, 2.24) is 25.4 Å². The Bertz CT molecular complexity index is 542. The third kappa shape index (κ3) is 2.85. The minimum atomic E-state index is 0.541. The summed E-state index contributed by atoms with van der Waals surface area (Å²) in [6.07, 6.45) is 9.04. The highest BCUT2D eigenvalue weighted by atomic mass is 16.5. The van der Waals surface area contributed by atoms with Crippen LogP contribution >= 0.6 is 0 Å². The second-order valence-electron chi connectivity index (χ2n) is 5.25. The zero-order valence-electron chi connectivity index (χ0n) is 11.6. The molecule has 1 aliphatic carbocycles. The summed E-state index contributed by atoms with van der Waals surface area (Å²) in [6.45, 7) is 0. The maximum atomic E-state index is 5.37. The van der Waals surface area contributed by atoms with Crippen LogP contribution in [-0.4, -0.2) is 33.2 Å². The number of rotatable bonds is 4. The molecule has 2 aromatic heterocycles. The molecule has 2 aromatic rings. The second kappa shape index (κ2) is 6.09. The van der Waals surface area contributed by atoms with Gasteiger partial charge in [-0.15, -0.1) is 0 Å². The lowest BCUT2D eigenvalue weighted by atomic mass is 9.82. The molecule has 0 saturated heterocycles. The molecule has 1 N–H and O–H groups in total. The third-order valence-electron chi connectivity index (χ3n) is 4.00. The van der Waals surface area contributed by atoms with Crippen molar-refractivity contribution < 1.29 is 4.52 Å². The number of aromatic nitrogens is 4. The van der Waals surface area contributed by atoms with Gasteiger partial charge < -0.3 is 9.84 Å². The lowest BCUT2D eigenvalue weighted by molar-refractivity contribution is 0.248. The minimum absolute atomic E-state index is 0.541. The summed E-state index contributed by atoms with van der Waals surface area (Å²) < 4.78 is 5.37. The van der Waals surface area contributed by atoms with Crippen LogP contribution in [0.2, 0.25) is 0 Å². The fraction of sp³-hybridized carbons (Fsp3) is 0.571. The van der Waals surface area contributed by atoms with Gasteiger partial charge in [0.25, 0.3) is 0 Å². The number of hydrogen-bond acceptors (Lipinski definition) is 6. The van der Waals surface area contributed by atoms with Crippen molar-refractivity contribution in [3.8, 4) is 11.5 Å². The monoisotopic (exact) mass is 273 g/mol. The van der Waals surface area contributed by atoms with Crippen molar-refractivity contribution in [3.63, 3.8) is 0 Å². The molecule has 20 heavy (non-hydrogen) atoms. The average Bonchev–Trinajstić information content (AvgIpc) is 2.97. The van der Waals surface area contributed by atoms with Gasteiger partial charge in [0.05, 0.1) is 0 Å². The highest BCUT2D eigenvalue weighted by Gasteiger charge is 2.26. The van der Waals surface area contributed by atoms with E-state index in [1.54, 1.807) is 12.3 Å². The first-order valence-electron chi connectivity index (χ1n) is 7.13. The molecular formula is C14H19N5O. The average molecular weight is 273 g/mol. The number of nitrogens with zero attached hydrogens (tertiary/aromatic N) is 4. The van der Waals surface area contributed by atoms with Gasteiger partial charge in [-0.1, -0.05) is 18.0 Å². The van der Waals surface area contributed by atoms with Crippen LogP contribution in [0.3, 0.4) is 0 Å². The van der Waals surface area contributed by atoms with Gasteiger partial charge in [0, 0.05) is 18.7 Å². The molecule has 0 bridgehead atoms. The largest absolute Gasteiger partial charge is 0.339 e. The Hall–Kier alpha value is -1.82. The van der Waals surface area contributed by atoms with Crippen LogP contribution in [0.4, 0.5) is 0 Å². The van der Waals surface area contributed by atoms with Crippen LogP contribution in [0.1, 0.15) is 31.6 Å². The van der Waals surface area contributed by atoms with E-state index in [4.69, 9.17) is 4.52 Å². The summed E-state index contributed by atoms with van der Waals surface area (Å²) in [5.41, 5.74) is 0.698. The van der Waals surface area contributed by atoms with Crippen molar-refractivity contribution in [3.05, 3.63) is 24.5 Å². The summed E-state index contributed by atoms with van der Waals surface area (Å²) in [7, 11) is 2.03. The minimum Gasteiger partial charge on any atom is -0.339 e. The van der Waals surface area contributed by atoms with E-state index in [0.717, 1.165) is 6.42 Å². The molecule has 106 valence electrons. The Kier molecular flexibility index (Phi) is 4.01. The fourth-order valence-electron chi connectivity index (χ4n) is 2.92. The SMILES string of the molecule is CNC1CCCCC1Cc1nc(-c2ccncn2)no1. The molecule has 6 nitrogen and oxygen atoms in total. The molecule has 2 heterocycles. The lowest BCUT2D eigenvalue weighted by Gasteiger charge is -2.30. The van der Waals surface area contributed by atoms with Crippen molar-refractivity contribution >= 4 is 0 Å². The summed E-state index contributed by atoms with van der Waals surface area (Å²) >= 11 is 0. The van der Waals surface area contributed by atoms with E-state index in [1.807, 2.05) is 7.05 Å². The van der Waals surface area contributed by atoms with Crippen LogP contribution in [-0.2, 0) is 6.42 Å². The first kappa shape index (κ1) is 13.2. The van der Waals surface area contributed by atoms with Gasteiger partial charge in [-0.05, 0) is 31.9 Å². The van der Waals surface area contributed by atoms with Crippen LogP contribution in [0.25, 0.3) is 11.5 Å². The maximum Gasteiger partial charge on any atom is 0.227 e. The molecular weight excluding hydrogens is 254 g/mol. The Labute approximate surface area is 118 Å². The highest BCUT2D eigenvalue weighted by Crippen LogP contribution is 2.27. The molecule has 6 heteroatoms. The van der Waals surface area contributed by atoms with Gasteiger partial charge >= 0.3 is 0 Å². The normalized spacial score (nSPS) is 22.9. The third-order valence-corrected chi connectivity index (χ3v) is 4.00. The Balaban J connectivity index is 1.71. The van der Waals surface area contributed by atoms with Crippen molar-refractivity contribution in [2.75, 3.05) is 7.05 Å². The lowest BCUT2D eigenvalue weighted by Crippen LogP contribution is -2.37. The molecule has 0 spiro atoms. The summed E-state index contributed by atoms with van der Waals surface area (Å²) in [4.78, 5) is 12.5. The Morgan fingerprint density at radius 2 is 2.25 bits per heavy atom. The molecule has 1 aliphatic rings. The number of hydrogen-bond donors (Lipinski definition) is 1. The van der Waals surface area contributed by atoms with E-state index in [0.29, 0.717) is 29.4 Å². The van der Waals surface area contributed by atoms with Crippen LogP contribution in [0, 0.1) is 5.92 Å². The van der Waals surface area contributed by atoms with Gasteiger partial charge in [-0.2, -0.15) is 4.98 Å². The van der Waals surface area contributed by atoms with E-state index in [-0.39, 0.29) is 0 Å². The van der Waals surface area contributed by atoms with E-state index in [1.165, 1.54) is 32.0 Å². The fourth-order valence-corrected chi connectivity index (χ4v) is 2.92. The maximum absolute atomic E-state index is 5.37.